The average molecular weight is 407 g/mol. The monoisotopic (exact) mass is 407 g/mol. The van der Waals surface area contributed by atoms with Gasteiger partial charge in [-0.25, -0.2) is 4.39 Å². The van der Waals surface area contributed by atoms with E-state index < -0.39 is 0 Å². The van der Waals surface area contributed by atoms with Crippen LogP contribution in [0.25, 0.3) is 22.4 Å². The molecule has 0 spiro atoms. The summed E-state index contributed by atoms with van der Waals surface area (Å²) in [5, 5.41) is 4.85. The van der Waals surface area contributed by atoms with Gasteiger partial charge in [-0.3, -0.25) is 14.5 Å². The van der Waals surface area contributed by atoms with E-state index in [1.165, 1.54) is 12.1 Å². The molecule has 156 valence electrons. The second kappa shape index (κ2) is 8.36. The van der Waals surface area contributed by atoms with Gasteiger partial charge in [0.25, 0.3) is 0 Å². The zero-order chi connectivity index (χ0) is 21.3. The molecule has 0 aliphatic carbocycles. The van der Waals surface area contributed by atoms with Crippen LogP contribution in [0.2, 0.25) is 0 Å². The lowest BCUT2D eigenvalue weighted by Crippen LogP contribution is -2.39. The molecule has 3 aromatic rings. The number of carbonyl (C=O) groups is 1. The van der Waals surface area contributed by atoms with Crippen LogP contribution in [0.15, 0.2) is 42.6 Å². The fourth-order valence-electron chi connectivity index (χ4n) is 3.82. The number of halogens is 1. The second-order valence-corrected chi connectivity index (χ2v) is 7.95. The van der Waals surface area contributed by atoms with Gasteiger partial charge < -0.3 is 9.80 Å². The number of rotatable bonds is 5. The van der Waals surface area contributed by atoms with Crippen molar-refractivity contribution in [1.82, 2.24) is 24.6 Å². The van der Waals surface area contributed by atoms with Crippen molar-refractivity contribution in [1.29, 1.82) is 0 Å². The maximum absolute atomic E-state index is 13.5. The van der Waals surface area contributed by atoms with Gasteiger partial charge in [0, 0.05) is 42.5 Å². The van der Waals surface area contributed by atoms with Crippen molar-refractivity contribution >= 4 is 5.91 Å². The number of pyridine rings is 1. The molecular formula is C23H26FN5O. The summed E-state index contributed by atoms with van der Waals surface area (Å²) in [6, 6.07) is 10.4. The third-order valence-electron chi connectivity index (χ3n) is 5.41. The fraction of sp³-hybridized carbons (Fsp3) is 0.348. The maximum atomic E-state index is 13.5. The second-order valence-electron chi connectivity index (χ2n) is 7.95. The Kier molecular flexibility index (Phi) is 5.63. The van der Waals surface area contributed by atoms with E-state index in [0.29, 0.717) is 26.1 Å². The van der Waals surface area contributed by atoms with Crippen molar-refractivity contribution in [3.8, 4) is 22.4 Å². The largest absolute Gasteiger partial charge is 0.335 e. The Morgan fingerprint density at radius 3 is 2.60 bits per heavy atom. The topological polar surface area (TPSA) is 54.3 Å². The summed E-state index contributed by atoms with van der Waals surface area (Å²) in [4.78, 5) is 21.0. The van der Waals surface area contributed by atoms with E-state index in [1.54, 1.807) is 18.3 Å². The van der Waals surface area contributed by atoms with Crippen LogP contribution in [0.1, 0.15) is 17.8 Å². The van der Waals surface area contributed by atoms with Crippen molar-refractivity contribution < 1.29 is 9.18 Å². The van der Waals surface area contributed by atoms with Gasteiger partial charge in [0.1, 0.15) is 11.5 Å². The SMILES string of the molecule is Cc1cc(-c2c(-c3ccc(F)cc3)nn3c2CN(C(=O)CCN(C)C)CC3)ccn1. The molecule has 1 amide bonds. The Hall–Kier alpha value is -3.06. The standard InChI is InChI=1S/C23H26FN5O/c1-16-14-18(8-10-25-16)22-20-15-28(21(30)9-11-27(2)3)12-13-29(20)26-23(22)17-4-6-19(24)7-5-17/h4-8,10,14H,9,11-13,15H2,1-3H3. The lowest BCUT2D eigenvalue weighted by molar-refractivity contribution is -0.132. The van der Waals surface area contributed by atoms with E-state index in [1.807, 2.05) is 47.6 Å². The van der Waals surface area contributed by atoms with E-state index in [4.69, 9.17) is 5.10 Å². The third-order valence-corrected chi connectivity index (χ3v) is 5.41. The number of nitrogens with zero attached hydrogens (tertiary/aromatic N) is 5. The Labute approximate surface area is 175 Å². The van der Waals surface area contributed by atoms with Gasteiger partial charge in [0.2, 0.25) is 5.91 Å². The molecule has 30 heavy (non-hydrogen) atoms. The van der Waals surface area contributed by atoms with E-state index in [-0.39, 0.29) is 11.7 Å². The highest BCUT2D eigenvalue weighted by molar-refractivity contribution is 5.84. The van der Waals surface area contributed by atoms with Crippen molar-refractivity contribution in [3.63, 3.8) is 0 Å². The summed E-state index contributed by atoms with van der Waals surface area (Å²) in [5.41, 5.74) is 5.56. The van der Waals surface area contributed by atoms with Crippen molar-refractivity contribution in [2.45, 2.75) is 26.4 Å². The molecule has 0 fully saturated rings. The Morgan fingerprint density at radius 2 is 1.90 bits per heavy atom. The Balaban J connectivity index is 1.76. The normalized spacial score (nSPS) is 13.6. The van der Waals surface area contributed by atoms with E-state index in [2.05, 4.69) is 4.98 Å². The van der Waals surface area contributed by atoms with E-state index >= 15 is 0 Å². The van der Waals surface area contributed by atoms with E-state index in [9.17, 15) is 9.18 Å². The molecule has 0 radical (unpaired) electrons. The van der Waals surface area contributed by atoms with Gasteiger partial charge >= 0.3 is 0 Å². The van der Waals surface area contributed by atoms with Gasteiger partial charge in [0.05, 0.1) is 18.8 Å². The lowest BCUT2D eigenvalue weighted by Gasteiger charge is -2.29. The first kappa shape index (κ1) is 20.2. The summed E-state index contributed by atoms with van der Waals surface area (Å²) in [6.45, 7) is 4.47. The number of amides is 1. The molecule has 1 aliphatic heterocycles. The van der Waals surface area contributed by atoms with Gasteiger partial charge in [-0.15, -0.1) is 0 Å². The third kappa shape index (κ3) is 4.11. The van der Waals surface area contributed by atoms with Gasteiger partial charge in [-0.2, -0.15) is 5.10 Å². The number of benzene rings is 1. The van der Waals surface area contributed by atoms with Crippen LogP contribution in [0.3, 0.4) is 0 Å². The van der Waals surface area contributed by atoms with Crippen molar-refractivity contribution in [3.05, 3.63) is 59.8 Å². The van der Waals surface area contributed by atoms with E-state index in [0.717, 1.165) is 40.3 Å². The molecular weight excluding hydrogens is 381 g/mol. The molecule has 7 heteroatoms. The quantitative estimate of drug-likeness (QED) is 0.651. The Bertz CT molecular complexity index is 1060. The number of aryl methyl sites for hydroxylation is 1. The minimum Gasteiger partial charge on any atom is -0.335 e. The predicted molar refractivity (Wildman–Crippen MR) is 114 cm³/mol. The van der Waals surface area contributed by atoms with Gasteiger partial charge in [-0.05, 0) is 63.0 Å². The van der Waals surface area contributed by atoms with Crippen LogP contribution < -0.4 is 0 Å². The molecule has 1 aliphatic rings. The Morgan fingerprint density at radius 1 is 1.13 bits per heavy atom. The minimum absolute atomic E-state index is 0.149. The highest BCUT2D eigenvalue weighted by Crippen LogP contribution is 2.36. The minimum atomic E-state index is -0.276. The smallest absolute Gasteiger partial charge is 0.224 e. The number of hydrogen-bond acceptors (Lipinski definition) is 4. The van der Waals surface area contributed by atoms with Crippen LogP contribution in [-0.4, -0.2) is 57.7 Å². The van der Waals surface area contributed by atoms with Crippen LogP contribution in [0.4, 0.5) is 4.39 Å². The number of hydrogen-bond donors (Lipinski definition) is 0. The number of aromatic nitrogens is 3. The molecule has 0 saturated heterocycles. The molecule has 4 rings (SSSR count). The zero-order valence-electron chi connectivity index (χ0n) is 17.6. The zero-order valence-corrected chi connectivity index (χ0v) is 17.6. The molecule has 0 atom stereocenters. The summed E-state index contributed by atoms with van der Waals surface area (Å²) in [5.74, 6) is -0.127. The molecule has 0 N–H and O–H groups in total. The van der Waals surface area contributed by atoms with Gasteiger partial charge in [-0.1, -0.05) is 0 Å². The lowest BCUT2D eigenvalue weighted by atomic mass is 9.98. The van der Waals surface area contributed by atoms with Crippen LogP contribution in [-0.2, 0) is 17.9 Å². The van der Waals surface area contributed by atoms with Crippen LogP contribution in [0.5, 0.6) is 0 Å². The summed E-state index contributed by atoms with van der Waals surface area (Å²) < 4.78 is 15.5. The predicted octanol–water partition coefficient (Wildman–Crippen LogP) is 3.35. The molecule has 1 aromatic carbocycles. The molecule has 0 unspecified atom stereocenters. The summed E-state index contributed by atoms with van der Waals surface area (Å²) in [7, 11) is 3.94. The van der Waals surface area contributed by atoms with Gasteiger partial charge in [0.15, 0.2) is 0 Å². The maximum Gasteiger partial charge on any atom is 0.224 e. The molecule has 6 nitrogen and oxygen atoms in total. The van der Waals surface area contributed by atoms with Crippen LogP contribution >= 0.6 is 0 Å². The molecule has 2 aromatic heterocycles. The van der Waals surface area contributed by atoms with Crippen molar-refractivity contribution in [2.75, 3.05) is 27.2 Å². The highest BCUT2D eigenvalue weighted by Gasteiger charge is 2.28. The number of carbonyl (C=O) groups excluding carboxylic acids is 1. The summed E-state index contributed by atoms with van der Waals surface area (Å²) >= 11 is 0. The van der Waals surface area contributed by atoms with Crippen LogP contribution in [0, 0.1) is 12.7 Å². The first-order valence-electron chi connectivity index (χ1n) is 10.1. The first-order chi connectivity index (χ1) is 14.4. The van der Waals surface area contributed by atoms with Crippen molar-refractivity contribution in [2.24, 2.45) is 0 Å². The number of fused-ring (bicyclic) bond motifs is 1. The first-order valence-corrected chi connectivity index (χ1v) is 10.1. The molecule has 0 saturated carbocycles. The molecule has 0 bridgehead atoms. The average Bonchev–Trinajstić information content (AvgIpc) is 3.11. The molecule has 3 heterocycles. The highest BCUT2D eigenvalue weighted by atomic mass is 19.1. The summed E-state index contributed by atoms with van der Waals surface area (Å²) in [6.07, 6.45) is 2.28. The fourth-order valence-corrected chi connectivity index (χ4v) is 3.82.